The lowest BCUT2D eigenvalue weighted by molar-refractivity contribution is -0.145. The zero-order valence-corrected chi connectivity index (χ0v) is 17.0. The van der Waals surface area contributed by atoms with Crippen LogP contribution in [0.15, 0.2) is 40.9 Å². The Morgan fingerprint density at radius 1 is 1.27 bits per heavy atom. The third-order valence-corrected chi connectivity index (χ3v) is 4.70. The Balaban J connectivity index is 2.24. The highest BCUT2D eigenvalue weighted by Gasteiger charge is 2.23. The molecule has 0 N–H and O–H groups in total. The van der Waals surface area contributed by atoms with Gasteiger partial charge in [-0.05, 0) is 38.1 Å². The summed E-state index contributed by atoms with van der Waals surface area (Å²) in [7, 11) is 1.35. The molecule has 5 nitrogen and oxygen atoms in total. The zero-order valence-electron chi connectivity index (χ0n) is 15.5. The number of hydrogen-bond donors (Lipinski definition) is 0. The van der Waals surface area contributed by atoms with Crippen LogP contribution in [0.3, 0.4) is 0 Å². The lowest BCUT2D eigenvalue weighted by Crippen LogP contribution is -2.37. The van der Waals surface area contributed by atoms with Crippen LogP contribution in [0, 0.1) is 12.8 Å². The van der Waals surface area contributed by atoms with Gasteiger partial charge in [0.05, 0.1) is 30.0 Å². The number of carbonyl (C=O) groups is 2. The molecule has 0 aliphatic carbocycles. The van der Waals surface area contributed by atoms with Gasteiger partial charge in [0.25, 0.3) is 5.91 Å². The Kier molecular flexibility index (Phi) is 6.91. The molecule has 1 unspecified atom stereocenters. The number of nitrogens with zero attached hydrogens (tertiary/aromatic N) is 2. The third-order valence-electron chi connectivity index (χ3n) is 4.20. The molecule has 0 fully saturated rings. The standard InChI is InChI=1S/C20H23BrN2O3/c1-5-23(12-13(2)20(25)26-4)19(24)17-9-10-18(22-14(17)3)15-7-6-8-16(21)11-15/h6-11,13H,5,12H2,1-4H3. The van der Waals surface area contributed by atoms with Crippen molar-refractivity contribution < 1.29 is 14.3 Å². The molecule has 1 atom stereocenters. The van der Waals surface area contributed by atoms with Crippen LogP contribution in [0.1, 0.15) is 29.9 Å². The first-order valence-corrected chi connectivity index (χ1v) is 9.27. The number of amides is 1. The van der Waals surface area contributed by atoms with Crippen molar-refractivity contribution in [3.05, 3.63) is 52.1 Å². The molecule has 1 aromatic carbocycles. The molecule has 1 amide bonds. The molecule has 138 valence electrons. The maximum absolute atomic E-state index is 12.9. The van der Waals surface area contributed by atoms with E-state index in [1.54, 1.807) is 17.9 Å². The SMILES string of the molecule is CCN(CC(C)C(=O)OC)C(=O)c1ccc(-c2cccc(Br)c2)nc1C. The van der Waals surface area contributed by atoms with Crippen molar-refractivity contribution in [1.82, 2.24) is 9.88 Å². The number of rotatable bonds is 6. The second-order valence-corrected chi connectivity index (χ2v) is 7.02. The Labute approximate surface area is 162 Å². The topological polar surface area (TPSA) is 59.5 Å². The quantitative estimate of drug-likeness (QED) is 0.662. The molecule has 1 heterocycles. The van der Waals surface area contributed by atoms with Crippen LogP contribution in [0.4, 0.5) is 0 Å². The molecule has 0 saturated carbocycles. The fourth-order valence-electron chi connectivity index (χ4n) is 2.73. The summed E-state index contributed by atoms with van der Waals surface area (Å²) < 4.78 is 5.72. The molecule has 26 heavy (non-hydrogen) atoms. The van der Waals surface area contributed by atoms with E-state index in [2.05, 4.69) is 20.9 Å². The first kappa shape index (κ1) is 20.1. The minimum Gasteiger partial charge on any atom is -0.469 e. The molecule has 0 spiro atoms. The molecule has 6 heteroatoms. The minimum absolute atomic E-state index is 0.131. The summed E-state index contributed by atoms with van der Waals surface area (Å²) >= 11 is 3.46. The molecular formula is C20H23BrN2O3. The van der Waals surface area contributed by atoms with Crippen molar-refractivity contribution in [1.29, 1.82) is 0 Å². The number of aromatic nitrogens is 1. The summed E-state index contributed by atoms with van der Waals surface area (Å²) in [5.74, 6) is -0.830. The van der Waals surface area contributed by atoms with E-state index in [1.807, 2.05) is 44.2 Å². The Morgan fingerprint density at radius 3 is 2.58 bits per heavy atom. The average Bonchev–Trinajstić information content (AvgIpc) is 2.64. The van der Waals surface area contributed by atoms with Crippen molar-refractivity contribution in [2.75, 3.05) is 20.2 Å². The van der Waals surface area contributed by atoms with Crippen LogP contribution in [-0.2, 0) is 9.53 Å². The first-order valence-electron chi connectivity index (χ1n) is 8.48. The van der Waals surface area contributed by atoms with Gasteiger partial charge in [-0.1, -0.05) is 35.0 Å². The predicted octanol–water partition coefficient (Wildman–Crippen LogP) is 4.09. The molecule has 2 rings (SSSR count). The third kappa shape index (κ3) is 4.69. The number of halogens is 1. The van der Waals surface area contributed by atoms with Crippen molar-refractivity contribution in [2.24, 2.45) is 5.92 Å². The largest absolute Gasteiger partial charge is 0.469 e. The Morgan fingerprint density at radius 2 is 2.00 bits per heavy atom. The van der Waals surface area contributed by atoms with E-state index in [4.69, 9.17) is 4.74 Å². The second-order valence-electron chi connectivity index (χ2n) is 6.11. The number of ether oxygens (including phenoxy) is 1. The molecule has 1 aromatic heterocycles. The van der Waals surface area contributed by atoms with Gasteiger partial charge >= 0.3 is 5.97 Å². The maximum atomic E-state index is 12.9. The van der Waals surface area contributed by atoms with Gasteiger partial charge in [-0.3, -0.25) is 14.6 Å². The highest BCUT2D eigenvalue weighted by molar-refractivity contribution is 9.10. The summed E-state index contributed by atoms with van der Waals surface area (Å²) in [6.07, 6.45) is 0. The number of methoxy groups -OCH3 is 1. The van der Waals surface area contributed by atoms with E-state index in [0.717, 1.165) is 15.7 Å². The van der Waals surface area contributed by atoms with Crippen LogP contribution >= 0.6 is 15.9 Å². The molecule has 2 aromatic rings. The van der Waals surface area contributed by atoms with Crippen LogP contribution in [-0.4, -0.2) is 42.0 Å². The minimum atomic E-state index is -0.377. The highest BCUT2D eigenvalue weighted by atomic mass is 79.9. The molecule has 0 aliphatic rings. The second kappa shape index (κ2) is 8.94. The van der Waals surface area contributed by atoms with E-state index in [0.29, 0.717) is 24.3 Å². The normalized spacial score (nSPS) is 11.7. The number of aryl methyl sites for hydroxylation is 1. The highest BCUT2D eigenvalue weighted by Crippen LogP contribution is 2.23. The molecule has 0 bridgehead atoms. The summed E-state index contributed by atoms with van der Waals surface area (Å²) in [5, 5.41) is 0. The van der Waals surface area contributed by atoms with E-state index < -0.39 is 0 Å². The summed E-state index contributed by atoms with van der Waals surface area (Å²) in [6.45, 7) is 6.29. The van der Waals surface area contributed by atoms with Crippen molar-refractivity contribution in [2.45, 2.75) is 20.8 Å². The van der Waals surface area contributed by atoms with Crippen molar-refractivity contribution in [3.63, 3.8) is 0 Å². The van der Waals surface area contributed by atoms with E-state index in [9.17, 15) is 9.59 Å². The van der Waals surface area contributed by atoms with E-state index in [-0.39, 0.29) is 17.8 Å². The van der Waals surface area contributed by atoms with Gasteiger partial charge in [0.2, 0.25) is 0 Å². The van der Waals surface area contributed by atoms with Crippen LogP contribution in [0.5, 0.6) is 0 Å². The van der Waals surface area contributed by atoms with Crippen molar-refractivity contribution in [3.8, 4) is 11.3 Å². The van der Waals surface area contributed by atoms with Gasteiger partial charge in [0, 0.05) is 23.1 Å². The number of pyridine rings is 1. The van der Waals surface area contributed by atoms with Gasteiger partial charge in [-0.2, -0.15) is 0 Å². The van der Waals surface area contributed by atoms with Crippen LogP contribution < -0.4 is 0 Å². The Hall–Kier alpha value is -2.21. The smallest absolute Gasteiger partial charge is 0.310 e. The lowest BCUT2D eigenvalue weighted by Gasteiger charge is -2.24. The van der Waals surface area contributed by atoms with Gasteiger partial charge in [0.15, 0.2) is 0 Å². The lowest BCUT2D eigenvalue weighted by atomic mass is 10.1. The van der Waals surface area contributed by atoms with Gasteiger partial charge in [-0.25, -0.2) is 0 Å². The maximum Gasteiger partial charge on any atom is 0.310 e. The summed E-state index contributed by atoms with van der Waals surface area (Å²) in [5.41, 5.74) is 3.00. The first-order chi connectivity index (χ1) is 12.4. The average molecular weight is 419 g/mol. The predicted molar refractivity (Wildman–Crippen MR) is 105 cm³/mol. The summed E-state index contributed by atoms with van der Waals surface area (Å²) in [4.78, 5) is 30.7. The fraction of sp³-hybridized carbons (Fsp3) is 0.350. The van der Waals surface area contributed by atoms with E-state index >= 15 is 0 Å². The van der Waals surface area contributed by atoms with Crippen LogP contribution in [0.25, 0.3) is 11.3 Å². The van der Waals surface area contributed by atoms with E-state index in [1.165, 1.54) is 7.11 Å². The van der Waals surface area contributed by atoms with Gasteiger partial charge in [0.1, 0.15) is 0 Å². The number of esters is 1. The van der Waals surface area contributed by atoms with Gasteiger partial charge in [-0.15, -0.1) is 0 Å². The Bertz CT molecular complexity index is 807. The fourth-order valence-corrected chi connectivity index (χ4v) is 3.13. The number of carbonyl (C=O) groups excluding carboxylic acids is 2. The van der Waals surface area contributed by atoms with Gasteiger partial charge < -0.3 is 9.64 Å². The monoisotopic (exact) mass is 418 g/mol. The zero-order chi connectivity index (χ0) is 19.3. The number of benzene rings is 1. The molecule has 0 radical (unpaired) electrons. The number of hydrogen-bond acceptors (Lipinski definition) is 4. The van der Waals surface area contributed by atoms with Crippen LogP contribution in [0.2, 0.25) is 0 Å². The van der Waals surface area contributed by atoms with Crippen molar-refractivity contribution >= 4 is 27.8 Å². The summed E-state index contributed by atoms with van der Waals surface area (Å²) in [6, 6.07) is 11.5. The molecule has 0 saturated heterocycles. The molecular weight excluding hydrogens is 396 g/mol. The molecule has 0 aliphatic heterocycles.